The summed E-state index contributed by atoms with van der Waals surface area (Å²) in [6.45, 7) is 35.4. The molecule has 290 valence electrons. The third kappa shape index (κ3) is 30.6. The lowest BCUT2D eigenvalue weighted by Gasteiger charge is -2.32. The van der Waals surface area contributed by atoms with Crippen molar-refractivity contribution < 1.29 is 0 Å². The molecule has 0 rings (SSSR count). The molecule has 0 aromatic heterocycles. The van der Waals surface area contributed by atoms with Crippen molar-refractivity contribution in [2.75, 3.05) is 98.2 Å². The minimum Gasteiger partial charge on any atom is -0.302 e. The highest BCUT2D eigenvalue weighted by atomic mass is 15.2. The second-order valence-corrected chi connectivity index (χ2v) is 15.2. The van der Waals surface area contributed by atoms with Gasteiger partial charge in [-0.2, -0.15) is 0 Å². The first-order valence-corrected chi connectivity index (χ1v) is 22.2. The minimum absolute atomic E-state index is 1.24. The summed E-state index contributed by atoms with van der Waals surface area (Å²) in [4.78, 5) is 14.2. The maximum absolute atomic E-state index is 2.86. The van der Waals surface area contributed by atoms with Crippen molar-refractivity contribution in [3.05, 3.63) is 0 Å². The molecule has 5 heteroatoms. The molecular weight excluding hydrogens is 587 g/mol. The highest BCUT2D eigenvalue weighted by Crippen LogP contribution is 2.09. The quantitative estimate of drug-likeness (QED) is 0.0597. The van der Waals surface area contributed by atoms with Crippen LogP contribution >= 0.6 is 0 Å². The number of hydrogen-bond donors (Lipinski definition) is 0. The lowest BCUT2D eigenvalue weighted by atomic mass is 10.2. The van der Waals surface area contributed by atoms with Gasteiger partial charge in [0.15, 0.2) is 0 Å². The van der Waals surface area contributed by atoms with Crippen LogP contribution in [0.5, 0.6) is 0 Å². The summed E-state index contributed by atoms with van der Waals surface area (Å²) < 4.78 is 0. The van der Waals surface area contributed by atoms with E-state index in [1.807, 2.05) is 0 Å². The van der Waals surface area contributed by atoms with Gasteiger partial charge in [-0.15, -0.1) is 0 Å². The van der Waals surface area contributed by atoms with E-state index in [-0.39, 0.29) is 0 Å². The molecule has 0 atom stereocenters. The fourth-order valence-electron chi connectivity index (χ4n) is 6.91. The highest BCUT2D eigenvalue weighted by molar-refractivity contribution is 4.71. The maximum Gasteiger partial charge on any atom is 0.0110 e. The van der Waals surface area contributed by atoms with Gasteiger partial charge >= 0.3 is 0 Å². The highest BCUT2D eigenvalue weighted by Gasteiger charge is 2.15. The Kier molecular flexibility index (Phi) is 37.9. The van der Waals surface area contributed by atoms with Crippen molar-refractivity contribution in [3.8, 4) is 0 Å². The van der Waals surface area contributed by atoms with Gasteiger partial charge in [-0.05, 0) is 90.8 Å². The summed E-state index contributed by atoms with van der Waals surface area (Å²) in [5, 5.41) is 0. The van der Waals surface area contributed by atoms with Gasteiger partial charge < -0.3 is 24.5 Å². The standard InChI is InChI=1S/C43H93N5/c1-8-15-22-29-44(30-23-16-9-2)36-38-46(33-26-19-12-5)40-42-48(35-28-21-14-7)43-41-47(34-27-20-13-6)39-37-45(31-24-17-10-3)32-25-18-11-4/h8-43H2,1-7H3. The monoisotopic (exact) mass is 680 g/mol. The lowest BCUT2D eigenvalue weighted by molar-refractivity contribution is 0.148. The van der Waals surface area contributed by atoms with Crippen molar-refractivity contribution in [1.29, 1.82) is 0 Å². The van der Waals surface area contributed by atoms with E-state index < -0.39 is 0 Å². The predicted molar refractivity (Wildman–Crippen MR) is 219 cm³/mol. The van der Waals surface area contributed by atoms with Crippen LogP contribution in [0.2, 0.25) is 0 Å². The third-order valence-electron chi connectivity index (χ3n) is 10.5. The fourth-order valence-corrected chi connectivity index (χ4v) is 6.91. The van der Waals surface area contributed by atoms with Crippen LogP contribution in [0.1, 0.15) is 183 Å². The first kappa shape index (κ1) is 47.8. The topological polar surface area (TPSA) is 16.2 Å². The molecule has 0 aromatic carbocycles. The average Bonchev–Trinajstić information content (AvgIpc) is 3.09. The van der Waals surface area contributed by atoms with Crippen LogP contribution in [0.25, 0.3) is 0 Å². The first-order chi connectivity index (χ1) is 23.6. The van der Waals surface area contributed by atoms with Gasteiger partial charge in [0, 0.05) is 52.4 Å². The van der Waals surface area contributed by atoms with Crippen LogP contribution in [-0.2, 0) is 0 Å². The molecule has 0 radical (unpaired) electrons. The molecule has 0 bridgehead atoms. The van der Waals surface area contributed by atoms with E-state index in [2.05, 4.69) is 73.0 Å². The molecule has 48 heavy (non-hydrogen) atoms. The van der Waals surface area contributed by atoms with E-state index in [1.54, 1.807) is 0 Å². The maximum atomic E-state index is 2.86. The Morgan fingerprint density at radius 1 is 0.167 bits per heavy atom. The second kappa shape index (κ2) is 38.0. The number of hydrogen-bond acceptors (Lipinski definition) is 5. The molecule has 0 saturated carbocycles. The third-order valence-corrected chi connectivity index (χ3v) is 10.5. The summed E-state index contributed by atoms with van der Waals surface area (Å²) >= 11 is 0. The van der Waals surface area contributed by atoms with Crippen LogP contribution in [0.3, 0.4) is 0 Å². The van der Waals surface area contributed by atoms with Gasteiger partial charge in [-0.1, -0.05) is 138 Å². The summed E-state index contributed by atoms with van der Waals surface area (Å²) in [5.74, 6) is 0. The molecule has 5 nitrogen and oxygen atoms in total. The summed E-state index contributed by atoms with van der Waals surface area (Å²) in [5.41, 5.74) is 0. The second-order valence-electron chi connectivity index (χ2n) is 15.2. The molecule has 0 fully saturated rings. The molecule has 0 unspecified atom stereocenters. The van der Waals surface area contributed by atoms with Gasteiger partial charge in [0.2, 0.25) is 0 Å². The van der Waals surface area contributed by atoms with Crippen molar-refractivity contribution in [3.63, 3.8) is 0 Å². The van der Waals surface area contributed by atoms with Gasteiger partial charge in [-0.3, -0.25) is 0 Å². The largest absolute Gasteiger partial charge is 0.302 e. The Hall–Kier alpha value is -0.200. The summed E-state index contributed by atoms with van der Waals surface area (Å²) in [7, 11) is 0. The molecule has 0 aliphatic heterocycles. The fraction of sp³-hybridized carbons (Fsp3) is 1.00. The zero-order valence-corrected chi connectivity index (χ0v) is 34.7. The molecule has 0 saturated heterocycles. The van der Waals surface area contributed by atoms with Crippen molar-refractivity contribution >= 4 is 0 Å². The van der Waals surface area contributed by atoms with Crippen LogP contribution in [0.4, 0.5) is 0 Å². The molecule has 0 aromatic rings. The Morgan fingerprint density at radius 3 is 0.417 bits per heavy atom. The first-order valence-electron chi connectivity index (χ1n) is 22.2. The van der Waals surface area contributed by atoms with E-state index in [0.717, 1.165) is 0 Å². The van der Waals surface area contributed by atoms with Crippen molar-refractivity contribution in [1.82, 2.24) is 24.5 Å². The zero-order chi connectivity index (χ0) is 35.3. The van der Waals surface area contributed by atoms with E-state index in [1.165, 1.54) is 233 Å². The van der Waals surface area contributed by atoms with Crippen molar-refractivity contribution in [2.45, 2.75) is 183 Å². The number of rotatable bonds is 40. The van der Waals surface area contributed by atoms with Crippen LogP contribution < -0.4 is 0 Å². The molecule has 0 aliphatic rings. The summed E-state index contributed by atoms with van der Waals surface area (Å²) in [6, 6.07) is 0. The van der Waals surface area contributed by atoms with E-state index >= 15 is 0 Å². The SMILES string of the molecule is CCCCCN(CCCCC)CCN(CCCCC)CCN(CCCCC)CCN(CCCCC)CCN(CCCCC)CCCCC. The molecule has 0 heterocycles. The summed E-state index contributed by atoms with van der Waals surface area (Å²) in [6.07, 6.45) is 28.4. The Labute approximate surface area is 305 Å². The van der Waals surface area contributed by atoms with Gasteiger partial charge in [0.1, 0.15) is 0 Å². The van der Waals surface area contributed by atoms with Gasteiger partial charge in [0.05, 0.1) is 0 Å². The van der Waals surface area contributed by atoms with Crippen LogP contribution in [0.15, 0.2) is 0 Å². The lowest BCUT2D eigenvalue weighted by Crippen LogP contribution is -2.44. The molecule has 0 aliphatic carbocycles. The Morgan fingerprint density at radius 2 is 0.292 bits per heavy atom. The number of unbranched alkanes of at least 4 members (excludes halogenated alkanes) is 14. The smallest absolute Gasteiger partial charge is 0.0110 e. The Bertz CT molecular complexity index is 536. The average molecular weight is 680 g/mol. The molecule has 0 amide bonds. The van der Waals surface area contributed by atoms with Gasteiger partial charge in [-0.25, -0.2) is 0 Å². The minimum atomic E-state index is 1.24. The normalized spacial score (nSPS) is 12.2. The molecule has 0 N–H and O–H groups in total. The van der Waals surface area contributed by atoms with Crippen molar-refractivity contribution in [2.24, 2.45) is 0 Å². The van der Waals surface area contributed by atoms with Crippen LogP contribution in [-0.4, -0.2) is 123 Å². The van der Waals surface area contributed by atoms with E-state index in [4.69, 9.17) is 0 Å². The van der Waals surface area contributed by atoms with E-state index in [0.29, 0.717) is 0 Å². The van der Waals surface area contributed by atoms with Crippen LogP contribution in [0, 0.1) is 0 Å². The predicted octanol–water partition coefficient (Wildman–Crippen LogP) is 10.8. The molecule has 0 spiro atoms. The van der Waals surface area contributed by atoms with Gasteiger partial charge in [0.25, 0.3) is 0 Å². The molecular formula is C43H93N5. The van der Waals surface area contributed by atoms with E-state index in [9.17, 15) is 0 Å². The Balaban J connectivity index is 5.39. The number of nitrogens with zero attached hydrogens (tertiary/aromatic N) is 5. The zero-order valence-electron chi connectivity index (χ0n) is 34.7.